The van der Waals surface area contributed by atoms with Gasteiger partial charge in [-0.05, 0) is 25.0 Å². The number of unbranched alkanes of at least 4 members (excludes halogenated alkanes) is 5. The second kappa shape index (κ2) is 10.2. The van der Waals surface area contributed by atoms with Crippen LogP contribution in [0.4, 0.5) is 0 Å². The largest absolute Gasteiger partial charge is 0.490 e. The van der Waals surface area contributed by atoms with Gasteiger partial charge in [0.25, 0.3) is 0 Å². The van der Waals surface area contributed by atoms with Crippen LogP contribution in [-0.2, 0) is 0 Å². The number of rotatable bonds is 11. The highest BCUT2D eigenvalue weighted by Gasteiger charge is 2.33. The minimum absolute atomic E-state index is 0.140. The van der Waals surface area contributed by atoms with Gasteiger partial charge in [-0.3, -0.25) is 9.59 Å². The molecule has 0 saturated carbocycles. The smallest absolute Gasteiger partial charge is 0.198 e. The minimum atomic E-state index is -0.175. The standard InChI is InChI=1S/C25H30O4/c1-3-5-6-7-8-11-17-28-21-15-14-20-22(25(21)29-16-4-2)24(27)19-13-10-9-12-18(19)23(20)26/h9-10,12-15H,3-8,11,16-17H2,1-2H3. The van der Waals surface area contributed by atoms with Gasteiger partial charge in [0.15, 0.2) is 23.1 Å². The van der Waals surface area contributed by atoms with Gasteiger partial charge in [0.2, 0.25) is 0 Å². The van der Waals surface area contributed by atoms with E-state index >= 15 is 0 Å². The predicted octanol–water partition coefficient (Wildman–Crippen LogP) is 5.99. The number of ketones is 2. The average molecular weight is 395 g/mol. The van der Waals surface area contributed by atoms with Crippen LogP contribution < -0.4 is 9.47 Å². The molecule has 3 rings (SSSR count). The maximum absolute atomic E-state index is 13.2. The molecular weight excluding hydrogens is 364 g/mol. The Labute approximate surface area is 173 Å². The van der Waals surface area contributed by atoms with Crippen molar-refractivity contribution in [1.29, 1.82) is 0 Å². The molecule has 0 radical (unpaired) electrons. The summed E-state index contributed by atoms with van der Waals surface area (Å²) < 4.78 is 11.9. The van der Waals surface area contributed by atoms with Gasteiger partial charge in [0.05, 0.1) is 18.8 Å². The quantitative estimate of drug-likeness (QED) is 0.375. The summed E-state index contributed by atoms with van der Waals surface area (Å²) >= 11 is 0. The summed E-state index contributed by atoms with van der Waals surface area (Å²) in [6.45, 7) is 5.26. The first kappa shape index (κ1) is 21.1. The first-order valence-corrected chi connectivity index (χ1v) is 10.8. The molecule has 2 aromatic rings. The fourth-order valence-corrected chi connectivity index (χ4v) is 3.66. The lowest BCUT2D eigenvalue weighted by molar-refractivity contribution is 0.0974. The fourth-order valence-electron chi connectivity index (χ4n) is 3.66. The maximum Gasteiger partial charge on any atom is 0.198 e. The van der Waals surface area contributed by atoms with Crippen LogP contribution in [0.3, 0.4) is 0 Å². The molecule has 0 aromatic heterocycles. The lowest BCUT2D eigenvalue weighted by Crippen LogP contribution is -2.22. The van der Waals surface area contributed by atoms with E-state index in [-0.39, 0.29) is 11.6 Å². The van der Waals surface area contributed by atoms with E-state index in [1.54, 1.807) is 36.4 Å². The molecule has 0 fully saturated rings. The van der Waals surface area contributed by atoms with E-state index in [1.165, 1.54) is 25.7 Å². The topological polar surface area (TPSA) is 52.6 Å². The molecule has 154 valence electrons. The van der Waals surface area contributed by atoms with E-state index in [2.05, 4.69) is 6.92 Å². The summed E-state index contributed by atoms with van der Waals surface area (Å²) in [7, 11) is 0. The molecule has 0 amide bonds. The number of hydrogen-bond donors (Lipinski definition) is 0. The van der Waals surface area contributed by atoms with Crippen molar-refractivity contribution in [2.75, 3.05) is 13.2 Å². The third-order valence-corrected chi connectivity index (χ3v) is 5.22. The molecule has 1 aliphatic rings. The van der Waals surface area contributed by atoms with Gasteiger partial charge in [0, 0.05) is 16.7 Å². The van der Waals surface area contributed by atoms with Crippen molar-refractivity contribution in [3.05, 3.63) is 58.7 Å². The number of carbonyl (C=O) groups excluding carboxylic acids is 2. The molecule has 0 unspecified atom stereocenters. The molecule has 0 bridgehead atoms. The highest BCUT2D eigenvalue weighted by molar-refractivity contribution is 6.29. The highest BCUT2D eigenvalue weighted by atomic mass is 16.5. The van der Waals surface area contributed by atoms with Crippen molar-refractivity contribution in [2.24, 2.45) is 0 Å². The predicted molar refractivity (Wildman–Crippen MR) is 114 cm³/mol. The van der Waals surface area contributed by atoms with Gasteiger partial charge in [-0.25, -0.2) is 0 Å². The van der Waals surface area contributed by atoms with Gasteiger partial charge in [-0.1, -0.05) is 70.2 Å². The molecule has 4 nitrogen and oxygen atoms in total. The van der Waals surface area contributed by atoms with Crippen molar-refractivity contribution >= 4 is 11.6 Å². The van der Waals surface area contributed by atoms with Gasteiger partial charge in [0.1, 0.15) is 0 Å². The number of hydrogen-bond acceptors (Lipinski definition) is 4. The van der Waals surface area contributed by atoms with Crippen molar-refractivity contribution in [2.45, 2.75) is 58.8 Å². The molecule has 0 saturated heterocycles. The summed E-state index contributed by atoms with van der Waals surface area (Å²) in [5.74, 6) is 0.639. The minimum Gasteiger partial charge on any atom is -0.490 e. The van der Waals surface area contributed by atoms with E-state index in [4.69, 9.17) is 9.47 Å². The zero-order valence-corrected chi connectivity index (χ0v) is 17.5. The van der Waals surface area contributed by atoms with Crippen LogP contribution in [0.25, 0.3) is 0 Å². The van der Waals surface area contributed by atoms with Crippen LogP contribution >= 0.6 is 0 Å². The van der Waals surface area contributed by atoms with Crippen LogP contribution in [-0.4, -0.2) is 24.8 Å². The Morgan fingerprint density at radius 3 is 2.07 bits per heavy atom. The van der Waals surface area contributed by atoms with E-state index in [9.17, 15) is 9.59 Å². The summed E-state index contributed by atoms with van der Waals surface area (Å²) in [4.78, 5) is 26.1. The Balaban J connectivity index is 1.82. The van der Waals surface area contributed by atoms with Crippen molar-refractivity contribution in [3.63, 3.8) is 0 Å². The maximum atomic E-state index is 13.2. The molecule has 29 heavy (non-hydrogen) atoms. The Kier molecular flexibility index (Phi) is 7.45. The summed E-state index contributed by atoms with van der Waals surface area (Å²) in [6.07, 6.45) is 7.88. The molecule has 2 aromatic carbocycles. The molecule has 0 aliphatic heterocycles. The Hall–Kier alpha value is -2.62. The fraction of sp³-hybridized carbons (Fsp3) is 0.440. The highest BCUT2D eigenvalue weighted by Crippen LogP contribution is 2.39. The second-order valence-corrected chi connectivity index (χ2v) is 7.48. The van der Waals surface area contributed by atoms with Crippen LogP contribution in [0, 0.1) is 0 Å². The SMILES string of the molecule is CCCCCCCCOc1ccc2c(c1OCCC)C(=O)c1ccccc1C2=O. The molecule has 1 aliphatic carbocycles. The zero-order valence-electron chi connectivity index (χ0n) is 17.5. The Bertz CT molecular complexity index is 869. The summed E-state index contributed by atoms with van der Waals surface area (Å²) in [6, 6.07) is 10.4. The number of benzene rings is 2. The monoisotopic (exact) mass is 394 g/mol. The third-order valence-electron chi connectivity index (χ3n) is 5.22. The second-order valence-electron chi connectivity index (χ2n) is 7.48. The van der Waals surface area contributed by atoms with Crippen LogP contribution in [0.1, 0.15) is 90.6 Å². The van der Waals surface area contributed by atoms with Gasteiger partial charge >= 0.3 is 0 Å². The summed E-state index contributed by atoms with van der Waals surface area (Å²) in [5, 5.41) is 0. The number of carbonyl (C=O) groups is 2. The van der Waals surface area contributed by atoms with E-state index < -0.39 is 0 Å². The van der Waals surface area contributed by atoms with Crippen molar-refractivity contribution in [1.82, 2.24) is 0 Å². The first-order chi connectivity index (χ1) is 14.2. The summed E-state index contributed by atoms with van der Waals surface area (Å²) in [5.41, 5.74) is 1.61. The normalized spacial score (nSPS) is 12.5. The van der Waals surface area contributed by atoms with Crippen LogP contribution in [0.2, 0.25) is 0 Å². The number of ether oxygens (including phenoxy) is 2. The van der Waals surface area contributed by atoms with Crippen molar-refractivity contribution < 1.29 is 19.1 Å². The molecule has 0 atom stereocenters. The third kappa shape index (κ3) is 4.69. The van der Waals surface area contributed by atoms with Crippen molar-refractivity contribution in [3.8, 4) is 11.5 Å². The van der Waals surface area contributed by atoms with Gasteiger partial charge in [-0.15, -0.1) is 0 Å². The molecule has 0 N–H and O–H groups in total. The lowest BCUT2D eigenvalue weighted by Gasteiger charge is -2.22. The number of fused-ring (bicyclic) bond motifs is 2. The molecule has 0 heterocycles. The van der Waals surface area contributed by atoms with Gasteiger partial charge in [-0.2, -0.15) is 0 Å². The molecular formula is C25H30O4. The zero-order chi connectivity index (χ0) is 20.6. The van der Waals surface area contributed by atoms with E-state index in [1.807, 2.05) is 6.92 Å². The Morgan fingerprint density at radius 2 is 1.34 bits per heavy atom. The van der Waals surface area contributed by atoms with Crippen LogP contribution in [0.5, 0.6) is 11.5 Å². The first-order valence-electron chi connectivity index (χ1n) is 10.8. The Morgan fingerprint density at radius 1 is 0.655 bits per heavy atom. The van der Waals surface area contributed by atoms with Crippen LogP contribution in [0.15, 0.2) is 36.4 Å². The van der Waals surface area contributed by atoms with Gasteiger partial charge < -0.3 is 9.47 Å². The molecule has 0 spiro atoms. The average Bonchev–Trinajstić information content (AvgIpc) is 2.75. The molecule has 4 heteroatoms. The van der Waals surface area contributed by atoms with E-state index in [0.717, 1.165) is 19.3 Å². The lowest BCUT2D eigenvalue weighted by atomic mass is 9.83. The van der Waals surface area contributed by atoms with E-state index in [0.29, 0.717) is 47.0 Å².